The highest BCUT2D eigenvalue weighted by Gasteiger charge is 2.28. The van der Waals surface area contributed by atoms with Crippen LogP contribution in [0.25, 0.3) is 9.69 Å². The van der Waals surface area contributed by atoms with E-state index < -0.39 is 118 Å². The molecular formula is C60H99Cl3N16O20. The average Bonchev–Trinajstić information content (AvgIpc) is 1.16. The number of carboxylic acids is 4. The summed E-state index contributed by atoms with van der Waals surface area (Å²) in [7, 11) is 0. The molecule has 7 amide bonds. The number of nitrogens with two attached hydrogens (primary N) is 3. The van der Waals surface area contributed by atoms with Crippen LogP contribution in [0, 0.1) is 41.7 Å². The molecule has 0 bridgehead atoms. The molecule has 1 fully saturated rings. The van der Waals surface area contributed by atoms with Gasteiger partial charge in [-0.05, 0) is 177 Å². The highest BCUT2D eigenvalue weighted by molar-refractivity contribution is 6.33. The number of aliphatic carboxylic acids is 4. The number of ether oxygens (including phenoxy) is 5. The normalized spacial score (nSPS) is 14.7. The summed E-state index contributed by atoms with van der Waals surface area (Å²) < 4.78 is 25.0. The number of alkyl carbamates (subject to hydrolysis) is 5. The van der Waals surface area contributed by atoms with Gasteiger partial charge in [0.1, 0.15) is 58.2 Å². The number of hydrogen-bond donors (Lipinski definition) is 13. The van der Waals surface area contributed by atoms with E-state index in [0.29, 0.717) is 18.8 Å². The Balaban J connectivity index is -0.000000350. The van der Waals surface area contributed by atoms with E-state index in [1.54, 1.807) is 90.0 Å². The molecule has 560 valence electrons. The van der Waals surface area contributed by atoms with Gasteiger partial charge in [0.25, 0.3) is 0 Å². The van der Waals surface area contributed by atoms with Crippen LogP contribution in [0.5, 0.6) is 0 Å². The highest BCUT2D eigenvalue weighted by Crippen LogP contribution is 2.14. The number of carboxylic acid groups (broad SMARTS) is 4. The lowest BCUT2D eigenvalue weighted by Gasteiger charge is -2.29. The molecule has 1 aromatic rings. The van der Waals surface area contributed by atoms with Gasteiger partial charge in [0.2, 0.25) is 40.3 Å². The number of hydrogen-bond acceptors (Lipinski definition) is 23. The Labute approximate surface area is 592 Å². The van der Waals surface area contributed by atoms with Gasteiger partial charge >= 0.3 is 54.3 Å². The maximum Gasteiger partial charge on any atom is 0.408 e. The van der Waals surface area contributed by atoms with E-state index in [1.165, 1.54) is 0 Å². The first kappa shape index (κ1) is 98.6. The Morgan fingerprint density at radius 2 is 0.939 bits per heavy atom. The predicted octanol–water partition coefficient (Wildman–Crippen LogP) is 6.88. The van der Waals surface area contributed by atoms with E-state index in [2.05, 4.69) is 63.5 Å². The van der Waals surface area contributed by atoms with E-state index in [9.17, 15) is 52.7 Å². The van der Waals surface area contributed by atoms with Gasteiger partial charge in [0.05, 0.1) is 25.0 Å². The van der Waals surface area contributed by atoms with Gasteiger partial charge in [-0.3, -0.25) is 24.0 Å². The third-order valence-electron chi connectivity index (χ3n) is 10.2. The second-order valence-electron chi connectivity index (χ2n) is 26.0. The van der Waals surface area contributed by atoms with Gasteiger partial charge in [0.15, 0.2) is 0 Å². The number of nitrogens with one attached hydrogen (secondary N) is 6. The molecule has 0 unspecified atom stereocenters. The zero-order chi connectivity index (χ0) is 78.4. The Hall–Kier alpha value is -9.07. The molecule has 1 aromatic heterocycles. The molecule has 0 aliphatic carbocycles. The minimum Gasteiger partial charge on any atom is -0.481 e. The molecule has 8 atom stereocenters. The van der Waals surface area contributed by atoms with Crippen molar-refractivity contribution in [2.45, 2.75) is 246 Å². The number of carbonyl (C=O) groups is 11. The predicted molar refractivity (Wildman–Crippen MR) is 360 cm³/mol. The SMILES string of the molecule is CC(C)(C)OC(=O)N[C@@H](CCC(=O)O)C(=O)O.CC(C)(C)OC(=O)N[C@@H](CCC(N)=O)C(N)=O.C[C@@H]1CNC[C@@H](NC(=O)OC(C)(C)C)C1.Clc1nc(Cl)nc(Cl)n1.N[C@@H](CCC(=O)O)C(=O)O.[C-]#[N+]CC[C@@H](C#N)NC(=O)OC(C)(C)C.[C-]#[N+][C@@H](C)C[C@@H](C#N)NC(=O)OC(C)(C)C. The van der Waals surface area contributed by atoms with E-state index in [1.807, 2.05) is 32.9 Å². The number of nitriles is 2. The van der Waals surface area contributed by atoms with Gasteiger partial charge in [-0.2, -0.15) is 25.5 Å². The van der Waals surface area contributed by atoms with Crippen LogP contribution in [-0.2, 0) is 52.5 Å². The van der Waals surface area contributed by atoms with Crippen molar-refractivity contribution < 1.29 is 96.9 Å². The number of primary amides is 2. The molecule has 99 heavy (non-hydrogen) atoms. The van der Waals surface area contributed by atoms with Gasteiger partial charge in [-0.1, -0.05) is 6.92 Å². The van der Waals surface area contributed by atoms with Crippen LogP contribution in [-0.4, -0.2) is 191 Å². The minimum absolute atomic E-state index is 0.000000000000000444. The molecule has 0 radical (unpaired) electrons. The van der Waals surface area contributed by atoms with Crippen molar-refractivity contribution in [2.24, 2.45) is 23.1 Å². The largest absolute Gasteiger partial charge is 0.481 e. The molecule has 39 heteroatoms. The molecule has 0 aromatic carbocycles. The lowest BCUT2D eigenvalue weighted by Crippen LogP contribution is -2.49. The van der Waals surface area contributed by atoms with Crippen molar-refractivity contribution in [3.8, 4) is 12.1 Å². The monoisotopic (exact) mass is 1470 g/mol. The molecule has 1 aliphatic heterocycles. The standard InChI is InChI=1S/C11H17N3O2.C11H22N2O2.C10H19N3O4.C10H15N3O2.C10H17NO6.C5H9NO4.C3Cl3N3/c1-8(13-5)6-9(7-12)14-10(15)16-11(2,3)4;1-8-5-9(7-12-6-8)13-10(14)15-11(2,3)4;1-10(2,3)17-9(16)13-6(8(12)15)4-5-7(11)14;1-10(2,3)15-9(14)13-8(7-11)5-6-12-4;1-10(2,3)17-9(16)11-6(8(14)15)4-5-7(12)13;6-3(5(9)10)1-2-4(7)8;4-1-7-2(5)9-3(6)8-1/h8-9H,6H2,1-4H3,(H,14,15);8-9,12H,5-7H2,1-4H3,(H,13,14);6H,4-5H2,1-3H3,(H2,11,14)(H2,12,15)(H,13,16);8H,5-6H2,1-3H3,(H,13,14);6H,4-5H2,1-3H3,(H,11,16)(H,12,13)(H,14,15);3H,1-2,6H2,(H,7,8)(H,9,10);/t2*8-,9-;6-;8-;6-;3-;/m000000./s1. The summed E-state index contributed by atoms with van der Waals surface area (Å²) in [5.41, 5.74) is 12.0. The van der Waals surface area contributed by atoms with Crippen molar-refractivity contribution in [3.05, 3.63) is 38.7 Å². The maximum atomic E-state index is 11.5. The van der Waals surface area contributed by atoms with Crippen LogP contribution >= 0.6 is 34.8 Å². The first-order valence-corrected chi connectivity index (χ1v) is 31.2. The van der Waals surface area contributed by atoms with Crippen LogP contribution in [0.3, 0.4) is 0 Å². The first-order valence-electron chi connectivity index (χ1n) is 30.1. The van der Waals surface area contributed by atoms with Crippen molar-refractivity contribution >= 4 is 101 Å². The molecule has 0 saturated carbocycles. The zero-order valence-corrected chi connectivity index (χ0v) is 61.2. The van der Waals surface area contributed by atoms with E-state index in [4.69, 9.17) is 120 Å². The van der Waals surface area contributed by atoms with Gasteiger partial charge in [0, 0.05) is 38.8 Å². The Bertz CT molecular complexity index is 2790. The Kier molecular flexibility index (Phi) is 50.1. The number of halogens is 3. The number of aromatic nitrogens is 3. The molecule has 2 heterocycles. The molecule has 1 saturated heterocycles. The van der Waals surface area contributed by atoms with Crippen LogP contribution in [0.2, 0.25) is 15.9 Å². The maximum absolute atomic E-state index is 11.5. The number of carbonyl (C=O) groups excluding carboxylic acids is 7. The summed E-state index contributed by atoms with van der Waals surface area (Å²) >= 11 is 16.0. The van der Waals surface area contributed by atoms with Gasteiger partial charge < -0.3 is 103 Å². The Morgan fingerprint density at radius 3 is 1.26 bits per heavy atom. The number of piperidine rings is 1. The number of nitrogens with zero attached hydrogens (tertiary/aromatic N) is 7. The summed E-state index contributed by atoms with van der Waals surface area (Å²) in [4.78, 5) is 136. The van der Waals surface area contributed by atoms with Crippen LogP contribution in [0.15, 0.2) is 0 Å². The molecule has 36 nitrogen and oxygen atoms in total. The zero-order valence-electron chi connectivity index (χ0n) is 58.9. The number of rotatable bonds is 21. The summed E-state index contributed by atoms with van der Waals surface area (Å²) in [5.74, 6) is -5.31. The average molecular weight is 1470 g/mol. The highest BCUT2D eigenvalue weighted by atomic mass is 35.5. The lowest BCUT2D eigenvalue weighted by atomic mass is 9.98. The van der Waals surface area contributed by atoms with E-state index >= 15 is 0 Å². The van der Waals surface area contributed by atoms with E-state index in [0.717, 1.165) is 19.5 Å². The molecule has 2 rings (SSSR count). The smallest absolute Gasteiger partial charge is 0.408 e. The topological polar surface area (TPSA) is 560 Å². The van der Waals surface area contributed by atoms with Crippen molar-refractivity contribution in [2.75, 3.05) is 19.6 Å². The summed E-state index contributed by atoms with van der Waals surface area (Å²) in [6.45, 7) is 45.4. The second-order valence-corrected chi connectivity index (χ2v) is 27.0. The van der Waals surface area contributed by atoms with Crippen LogP contribution in [0.1, 0.15) is 175 Å². The van der Waals surface area contributed by atoms with Crippen LogP contribution < -0.4 is 49.1 Å². The third kappa shape index (κ3) is 68.7. The van der Waals surface area contributed by atoms with Crippen LogP contribution in [0.4, 0.5) is 24.0 Å². The van der Waals surface area contributed by atoms with Gasteiger partial charge in [-0.25, -0.2) is 41.9 Å². The van der Waals surface area contributed by atoms with Crippen molar-refractivity contribution in [3.63, 3.8) is 0 Å². The summed E-state index contributed by atoms with van der Waals surface area (Å²) in [6, 6.07) is -0.890. The first-order chi connectivity index (χ1) is 45.0. The van der Waals surface area contributed by atoms with E-state index in [-0.39, 0.29) is 79.1 Å². The molecule has 0 spiro atoms. The minimum atomic E-state index is -1.29. The summed E-state index contributed by atoms with van der Waals surface area (Å²) in [5, 5.41) is 66.3. The Morgan fingerprint density at radius 1 is 0.576 bits per heavy atom. The number of amides is 7. The molecule has 1 aliphatic rings. The van der Waals surface area contributed by atoms with Crippen molar-refractivity contribution in [1.82, 2.24) is 46.9 Å². The molecule has 16 N–H and O–H groups in total. The fourth-order valence-corrected chi connectivity index (χ4v) is 6.85. The van der Waals surface area contributed by atoms with Crippen molar-refractivity contribution in [1.29, 1.82) is 10.5 Å². The van der Waals surface area contributed by atoms with Gasteiger partial charge in [-0.15, -0.1) is 0 Å². The fourth-order valence-electron chi connectivity index (χ4n) is 6.24. The lowest BCUT2D eigenvalue weighted by molar-refractivity contribution is -0.142. The molecular weight excluding hydrogens is 1370 g/mol. The third-order valence-corrected chi connectivity index (χ3v) is 10.7. The second kappa shape index (κ2) is 50.3. The quantitative estimate of drug-likeness (QED) is 0.0440. The fraction of sp³-hybridized carbons (Fsp3) is 0.700. The summed E-state index contributed by atoms with van der Waals surface area (Å²) in [6.07, 6.45) is -2.30.